The summed E-state index contributed by atoms with van der Waals surface area (Å²) < 4.78 is 5.18. The van der Waals surface area contributed by atoms with Crippen molar-refractivity contribution in [2.45, 2.75) is 51.5 Å². The molecule has 0 spiro atoms. The highest BCUT2D eigenvalue weighted by molar-refractivity contribution is 5.80. The molecule has 5 nitrogen and oxygen atoms in total. The maximum atomic E-state index is 12.0. The van der Waals surface area contributed by atoms with Crippen LogP contribution in [-0.4, -0.2) is 23.0 Å². The third-order valence-electron chi connectivity index (χ3n) is 4.21. The van der Waals surface area contributed by atoms with Crippen molar-refractivity contribution >= 4 is 11.9 Å². The van der Waals surface area contributed by atoms with Gasteiger partial charge in [-0.05, 0) is 31.9 Å². The van der Waals surface area contributed by atoms with E-state index < -0.39 is 11.4 Å². The normalized spacial score (nSPS) is 26.1. The molecule has 2 atom stereocenters. The number of carboxylic acids is 1. The number of hydrogen-bond acceptors (Lipinski definition) is 3. The minimum atomic E-state index is -0.849. The van der Waals surface area contributed by atoms with Crippen LogP contribution in [0.5, 0.6) is 0 Å². The molecule has 0 aromatic carbocycles. The standard InChI is InChI=1S/C15H21NO4/c1-15(14(18)19)9-3-2-6-12(15)16-13(17)8-7-11-5-4-10-20-11/h4-5,10,12H,2-3,6-9H2,1H3,(H,16,17)(H,18,19). The van der Waals surface area contributed by atoms with Gasteiger partial charge in [0.25, 0.3) is 0 Å². The second-order valence-electron chi connectivity index (χ2n) is 5.67. The smallest absolute Gasteiger partial charge is 0.311 e. The van der Waals surface area contributed by atoms with Crippen molar-refractivity contribution in [2.24, 2.45) is 5.41 Å². The molecule has 2 rings (SSSR count). The lowest BCUT2D eigenvalue weighted by Gasteiger charge is -2.38. The number of aryl methyl sites for hydroxylation is 1. The highest BCUT2D eigenvalue weighted by atomic mass is 16.4. The number of rotatable bonds is 5. The predicted octanol–water partition coefficient (Wildman–Crippen LogP) is 2.36. The van der Waals surface area contributed by atoms with Crippen molar-refractivity contribution in [1.82, 2.24) is 5.32 Å². The predicted molar refractivity (Wildman–Crippen MR) is 73.2 cm³/mol. The fraction of sp³-hybridized carbons (Fsp3) is 0.600. The maximum Gasteiger partial charge on any atom is 0.311 e. The van der Waals surface area contributed by atoms with Gasteiger partial charge in [-0.15, -0.1) is 0 Å². The Morgan fingerprint density at radius 3 is 2.95 bits per heavy atom. The van der Waals surface area contributed by atoms with E-state index in [1.807, 2.05) is 6.07 Å². The quantitative estimate of drug-likeness (QED) is 0.867. The molecule has 0 radical (unpaired) electrons. The minimum absolute atomic E-state index is 0.110. The third kappa shape index (κ3) is 3.21. The first-order valence-electron chi connectivity index (χ1n) is 7.07. The number of carbonyl (C=O) groups is 2. The number of amides is 1. The second-order valence-corrected chi connectivity index (χ2v) is 5.67. The molecule has 1 heterocycles. The number of carboxylic acid groups (broad SMARTS) is 1. The Morgan fingerprint density at radius 1 is 1.50 bits per heavy atom. The van der Waals surface area contributed by atoms with Crippen LogP contribution in [0.2, 0.25) is 0 Å². The molecule has 1 aromatic rings. The molecule has 2 unspecified atom stereocenters. The van der Waals surface area contributed by atoms with Gasteiger partial charge in [-0.2, -0.15) is 0 Å². The lowest BCUT2D eigenvalue weighted by molar-refractivity contribution is -0.152. The highest BCUT2D eigenvalue weighted by Crippen LogP contribution is 2.36. The summed E-state index contributed by atoms with van der Waals surface area (Å²) in [4.78, 5) is 23.4. The fourth-order valence-corrected chi connectivity index (χ4v) is 2.78. The van der Waals surface area contributed by atoms with Crippen molar-refractivity contribution in [3.05, 3.63) is 24.2 Å². The van der Waals surface area contributed by atoms with E-state index in [-0.39, 0.29) is 11.9 Å². The summed E-state index contributed by atoms with van der Waals surface area (Å²) in [7, 11) is 0. The second kappa shape index (κ2) is 6.11. The van der Waals surface area contributed by atoms with Gasteiger partial charge >= 0.3 is 5.97 Å². The summed E-state index contributed by atoms with van der Waals surface area (Å²) >= 11 is 0. The summed E-state index contributed by atoms with van der Waals surface area (Å²) in [6.45, 7) is 1.73. The monoisotopic (exact) mass is 279 g/mol. The molecule has 0 aliphatic heterocycles. The van der Waals surface area contributed by atoms with E-state index in [2.05, 4.69) is 5.32 Å². The zero-order valence-electron chi connectivity index (χ0n) is 11.7. The Kier molecular flexibility index (Phi) is 4.47. The molecule has 1 amide bonds. The topological polar surface area (TPSA) is 79.5 Å². The van der Waals surface area contributed by atoms with Crippen LogP contribution >= 0.6 is 0 Å². The maximum absolute atomic E-state index is 12.0. The summed E-state index contributed by atoms with van der Waals surface area (Å²) in [5.74, 6) is -0.167. The first-order chi connectivity index (χ1) is 9.52. The third-order valence-corrected chi connectivity index (χ3v) is 4.21. The Balaban J connectivity index is 1.90. The van der Waals surface area contributed by atoms with E-state index >= 15 is 0 Å². The Bertz CT molecular complexity index is 468. The first kappa shape index (κ1) is 14.6. The Hall–Kier alpha value is -1.78. The number of nitrogens with one attached hydrogen (secondary N) is 1. The molecule has 1 aliphatic rings. The average Bonchev–Trinajstić information content (AvgIpc) is 2.92. The highest BCUT2D eigenvalue weighted by Gasteiger charge is 2.43. The largest absolute Gasteiger partial charge is 0.481 e. The van der Waals surface area contributed by atoms with Gasteiger partial charge in [0.05, 0.1) is 11.7 Å². The molecule has 5 heteroatoms. The minimum Gasteiger partial charge on any atom is -0.481 e. The van der Waals surface area contributed by atoms with E-state index in [0.717, 1.165) is 25.0 Å². The number of hydrogen-bond donors (Lipinski definition) is 2. The Morgan fingerprint density at radius 2 is 2.30 bits per heavy atom. The van der Waals surface area contributed by atoms with Crippen LogP contribution in [-0.2, 0) is 16.0 Å². The van der Waals surface area contributed by atoms with Gasteiger partial charge in [0, 0.05) is 18.9 Å². The molecule has 110 valence electrons. The zero-order chi connectivity index (χ0) is 14.6. The average molecular weight is 279 g/mol. The van der Waals surface area contributed by atoms with Crippen molar-refractivity contribution < 1.29 is 19.1 Å². The van der Waals surface area contributed by atoms with Gasteiger partial charge in [0.2, 0.25) is 5.91 Å². The van der Waals surface area contributed by atoms with Crippen LogP contribution in [0, 0.1) is 5.41 Å². The summed E-state index contributed by atoms with van der Waals surface area (Å²) in [5.41, 5.74) is -0.849. The Labute approximate surface area is 118 Å². The van der Waals surface area contributed by atoms with E-state index in [0.29, 0.717) is 19.3 Å². The van der Waals surface area contributed by atoms with Crippen molar-refractivity contribution in [2.75, 3.05) is 0 Å². The van der Waals surface area contributed by atoms with Crippen LogP contribution in [0.15, 0.2) is 22.8 Å². The molecule has 1 fully saturated rings. The van der Waals surface area contributed by atoms with Crippen LogP contribution in [0.1, 0.15) is 44.8 Å². The molecule has 0 saturated heterocycles. The lowest BCUT2D eigenvalue weighted by atomic mass is 9.71. The number of aliphatic carboxylic acids is 1. The van der Waals surface area contributed by atoms with Crippen LogP contribution < -0.4 is 5.32 Å². The fourth-order valence-electron chi connectivity index (χ4n) is 2.78. The molecule has 20 heavy (non-hydrogen) atoms. The van der Waals surface area contributed by atoms with E-state index in [4.69, 9.17) is 4.42 Å². The molecular weight excluding hydrogens is 258 g/mol. The van der Waals surface area contributed by atoms with Gasteiger partial charge in [0.15, 0.2) is 0 Å². The van der Waals surface area contributed by atoms with Crippen LogP contribution in [0.4, 0.5) is 0 Å². The molecule has 2 N–H and O–H groups in total. The van der Waals surface area contributed by atoms with Crippen LogP contribution in [0.3, 0.4) is 0 Å². The van der Waals surface area contributed by atoms with Crippen LogP contribution in [0.25, 0.3) is 0 Å². The first-order valence-corrected chi connectivity index (χ1v) is 7.07. The SMILES string of the molecule is CC1(C(=O)O)CCCCC1NC(=O)CCc1ccco1. The molecular formula is C15H21NO4. The summed E-state index contributed by atoms with van der Waals surface area (Å²) in [5, 5.41) is 12.3. The van der Waals surface area contributed by atoms with Crippen molar-refractivity contribution in [3.63, 3.8) is 0 Å². The van der Waals surface area contributed by atoms with Gasteiger partial charge in [-0.1, -0.05) is 12.8 Å². The van der Waals surface area contributed by atoms with Gasteiger partial charge in [-0.25, -0.2) is 0 Å². The number of carbonyl (C=O) groups excluding carboxylic acids is 1. The van der Waals surface area contributed by atoms with Crippen molar-refractivity contribution in [3.8, 4) is 0 Å². The molecule has 1 saturated carbocycles. The number of furan rings is 1. The summed E-state index contributed by atoms with van der Waals surface area (Å²) in [6, 6.07) is 3.34. The zero-order valence-corrected chi connectivity index (χ0v) is 11.7. The van der Waals surface area contributed by atoms with Gasteiger partial charge < -0.3 is 14.8 Å². The molecule has 0 bridgehead atoms. The molecule has 1 aromatic heterocycles. The van der Waals surface area contributed by atoms with E-state index in [9.17, 15) is 14.7 Å². The van der Waals surface area contributed by atoms with Gasteiger partial charge in [0.1, 0.15) is 5.76 Å². The molecule has 1 aliphatic carbocycles. The lowest BCUT2D eigenvalue weighted by Crippen LogP contribution is -2.52. The van der Waals surface area contributed by atoms with E-state index in [1.54, 1.807) is 19.3 Å². The summed E-state index contributed by atoms with van der Waals surface area (Å²) in [6.07, 6.45) is 5.65. The van der Waals surface area contributed by atoms with E-state index in [1.165, 1.54) is 0 Å². The van der Waals surface area contributed by atoms with Crippen molar-refractivity contribution in [1.29, 1.82) is 0 Å². The van der Waals surface area contributed by atoms with Gasteiger partial charge in [-0.3, -0.25) is 9.59 Å².